The molecule has 1 aliphatic rings. The molecule has 1 aromatic carbocycles. The summed E-state index contributed by atoms with van der Waals surface area (Å²) < 4.78 is 5.65. The lowest BCUT2D eigenvalue weighted by Crippen LogP contribution is -2.37. The molecule has 5 nitrogen and oxygen atoms in total. The zero-order valence-corrected chi connectivity index (χ0v) is 12.6. The maximum absolute atomic E-state index is 11.6. The van der Waals surface area contributed by atoms with Crippen LogP contribution >= 0.6 is 0 Å². The molecule has 0 saturated heterocycles. The van der Waals surface area contributed by atoms with E-state index in [0.29, 0.717) is 37.1 Å². The lowest BCUT2D eigenvalue weighted by atomic mass is 10.1. The van der Waals surface area contributed by atoms with Crippen LogP contribution in [0.3, 0.4) is 0 Å². The van der Waals surface area contributed by atoms with Gasteiger partial charge in [0.25, 0.3) is 0 Å². The van der Waals surface area contributed by atoms with Crippen molar-refractivity contribution in [1.82, 2.24) is 10.2 Å². The number of ether oxygens (including phenoxy) is 1. The molecular formula is C16H22N2O3. The standard InChI is InChI=1S/C16H22N2O3/c1-12(19)14-5-3-4-6-15(14)21-10-9-18(2)11-16(20)17-13-7-8-13/h3-6,13H,7-11H2,1-2H3,(H,17,20). The molecule has 0 atom stereocenters. The summed E-state index contributed by atoms with van der Waals surface area (Å²) >= 11 is 0. The van der Waals surface area contributed by atoms with Crippen molar-refractivity contribution in [2.45, 2.75) is 25.8 Å². The molecule has 0 aromatic heterocycles. The molecule has 1 aromatic rings. The van der Waals surface area contributed by atoms with Crippen LogP contribution in [-0.2, 0) is 4.79 Å². The van der Waals surface area contributed by atoms with Crippen molar-refractivity contribution >= 4 is 11.7 Å². The smallest absolute Gasteiger partial charge is 0.234 e. The first-order valence-corrected chi connectivity index (χ1v) is 7.27. The van der Waals surface area contributed by atoms with Crippen LogP contribution in [0.4, 0.5) is 0 Å². The van der Waals surface area contributed by atoms with Gasteiger partial charge in [0, 0.05) is 12.6 Å². The molecule has 21 heavy (non-hydrogen) atoms. The first kappa shape index (κ1) is 15.5. The number of rotatable bonds is 8. The summed E-state index contributed by atoms with van der Waals surface area (Å²) in [5.74, 6) is 0.646. The van der Waals surface area contributed by atoms with Gasteiger partial charge in [-0.05, 0) is 38.9 Å². The quantitative estimate of drug-likeness (QED) is 0.737. The Morgan fingerprint density at radius 3 is 2.71 bits per heavy atom. The van der Waals surface area contributed by atoms with E-state index in [-0.39, 0.29) is 11.7 Å². The van der Waals surface area contributed by atoms with E-state index in [2.05, 4.69) is 5.32 Å². The van der Waals surface area contributed by atoms with Gasteiger partial charge in [0.2, 0.25) is 5.91 Å². The Morgan fingerprint density at radius 2 is 2.05 bits per heavy atom. The maximum Gasteiger partial charge on any atom is 0.234 e. The highest BCUT2D eigenvalue weighted by atomic mass is 16.5. The molecule has 0 spiro atoms. The fourth-order valence-corrected chi connectivity index (χ4v) is 2.02. The third kappa shape index (κ3) is 5.19. The Morgan fingerprint density at radius 1 is 1.33 bits per heavy atom. The normalized spacial score (nSPS) is 14.0. The second kappa shape index (κ2) is 7.22. The molecule has 2 rings (SSSR count). The number of ketones is 1. The second-order valence-electron chi connectivity index (χ2n) is 5.48. The summed E-state index contributed by atoms with van der Waals surface area (Å²) in [6.45, 7) is 2.96. The molecule has 0 aliphatic heterocycles. The summed E-state index contributed by atoms with van der Waals surface area (Å²) in [6, 6.07) is 7.60. The summed E-state index contributed by atoms with van der Waals surface area (Å²) in [6.07, 6.45) is 2.20. The molecule has 1 saturated carbocycles. The van der Waals surface area contributed by atoms with E-state index in [1.54, 1.807) is 12.1 Å². The fraction of sp³-hybridized carbons (Fsp3) is 0.500. The summed E-state index contributed by atoms with van der Waals surface area (Å²) in [5.41, 5.74) is 0.589. The minimum Gasteiger partial charge on any atom is -0.491 e. The average molecular weight is 290 g/mol. The maximum atomic E-state index is 11.6. The van der Waals surface area contributed by atoms with Crippen molar-refractivity contribution in [3.8, 4) is 5.75 Å². The highest BCUT2D eigenvalue weighted by molar-refractivity contribution is 5.96. The number of carbonyl (C=O) groups is 2. The zero-order chi connectivity index (χ0) is 15.2. The Hall–Kier alpha value is -1.88. The van der Waals surface area contributed by atoms with Crippen molar-refractivity contribution in [2.24, 2.45) is 0 Å². The number of nitrogens with zero attached hydrogens (tertiary/aromatic N) is 1. The topological polar surface area (TPSA) is 58.6 Å². The number of nitrogens with one attached hydrogen (secondary N) is 1. The summed E-state index contributed by atoms with van der Waals surface area (Å²) in [7, 11) is 1.88. The molecule has 1 amide bonds. The van der Waals surface area contributed by atoms with Crippen molar-refractivity contribution in [3.63, 3.8) is 0 Å². The predicted molar refractivity (Wildman–Crippen MR) is 80.6 cm³/mol. The third-order valence-corrected chi connectivity index (χ3v) is 3.35. The van der Waals surface area contributed by atoms with E-state index < -0.39 is 0 Å². The molecule has 1 fully saturated rings. The van der Waals surface area contributed by atoms with Crippen LogP contribution < -0.4 is 10.1 Å². The van der Waals surface area contributed by atoms with Crippen LogP contribution in [0.1, 0.15) is 30.1 Å². The molecular weight excluding hydrogens is 268 g/mol. The van der Waals surface area contributed by atoms with Crippen LogP contribution in [0, 0.1) is 0 Å². The van der Waals surface area contributed by atoms with E-state index >= 15 is 0 Å². The lowest BCUT2D eigenvalue weighted by Gasteiger charge is -2.17. The molecule has 0 bridgehead atoms. The van der Waals surface area contributed by atoms with E-state index in [0.717, 1.165) is 12.8 Å². The van der Waals surface area contributed by atoms with Crippen LogP contribution in [0.15, 0.2) is 24.3 Å². The largest absolute Gasteiger partial charge is 0.491 e. The van der Waals surface area contributed by atoms with Crippen molar-refractivity contribution in [3.05, 3.63) is 29.8 Å². The third-order valence-electron chi connectivity index (χ3n) is 3.35. The average Bonchev–Trinajstić information content (AvgIpc) is 3.22. The SMILES string of the molecule is CC(=O)c1ccccc1OCCN(C)CC(=O)NC1CC1. The van der Waals surface area contributed by atoms with Gasteiger partial charge in [-0.15, -0.1) is 0 Å². The molecule has 114 valence electrons. The number of Topliss-reactive ketones (excluding diaryl/α,β-unsaturated/α-hetero) is 1. The number of likely N-dealkylation sites (N-methyl/N-ethyl adjacent to an activating group) is 1. The molecule has 0 unspecified atom stereocenters. The van der Waals surface area contributed by atoms with Gasteiger partial charge >= 0.3 is 0 Å². The molecule has 5 heteroatoms. The van der Waals surface area contributed by atoms with E-state index in [4.69, 9.17) is 4.74 Å². The highest BCUT2D eigenvalue weighted by Crippen LogP contribution is 2.19. The number of hydrogen-bond donors (Lipinski definition) is 1. The number of amides is 1. The second-order valence-corrected chi connectivity index (χ2v) is 5.48. The van der Waals surface area contributed by atoms with Gasteiger partial charge in [0.1, 0.15) is 12.4 Å². The van der Waals surface area contributed by atoms with Gasteiger partial charge in [-0.25, -0.2) is 0 Å². The highest BCUT2D eigenvalue weighted by Gasteiger charge is 2.23. The van der Waals surface area contributed by atoms with Crippen LogP contribution in [0.5, 0.6) is 5.75 Å². The van der Waals surface area contributed by atoms with Gasteiger partial charge in [0.05, 0.1) is 12.1 Å². The Labute approximate surface area is 125 Å². The minimum atomic E-state index is -0.0113. The number of hydrogen-bond acceptors (Lipinski definition) is 4. The summed E-state index contributed by atoms with van der Waals surface area (Å²) in [5, 5.41) is 2.95. The first-order chi connectivity index (χ1) is 10.1. The van der Waals surface area contributed by atoms with Gasteiger partial charge in [-0.3, -0.25) is 14.5 Å². The Balaban J connectivity index is 1.73. The molecule has 0 radical (unpaired) electrons. The van der Waals surface area contributed by atoms with E-state index in [9.17, 15) is 9.59 Å². The van der Waals surface area contributed by atoms with Crippen molar-refractivity contribution in [2.75, 3.05) is 26.7 Å². The number of para-hydroxylation sites is 1. The van der Waals surface area contributed by atoms with Crippen LogP contribution in [0.25, 0.3) is 0 Å². The van der Waals surface area contributed by atoms with Gasteiger partial charge in [-0.2, -0.15) is 0 Å². The number of carbonyl (C=O) groups excluding carboxylic acids is 2. The monoisotopic (exact) mass is 290 g/mol. The van der Waals surface area contributed by atoms with E-state index in [1.807, 2.05) is 24.1 Å². The minimum absolute atomic E-state index is 0.0113. The Bertz CT molecular complexity index is 512. The zero-order valence-electron chi connectivity index (χ0n) is 12.6. The molecule has 1 aliphatic carbocycles. The van der Waals surface area contributed by atoms with Crippen molar-refractivity contribution < 1.29 is 14.3 Å². The lowest BCUT2D eigenvalue weighted by molar-refractivity contribution is -0.122. The van der Waals surface area contributed by atoms with Crippen LogP contribution in [0.2, 0.25) is 0 Å². The van der Waals surface area contributed by atoms with Crippen LogP contribution in [-0.4, -0.2) is 49.4 Å². The van der Waals surface area contributed by atoms with Gasteiger partial charge < -0.3 is 10.1 Å². The molecule has 1 N–H and O–H groups in total. The number of benzene rings is 1. The van der Waals surface area contributed by atoms with E-state index in [1.165, 1.54) is 6.92 Å². The fourth-order valence-electron chi connectivity index (χ4n) is 2.02. The summed E-state index contributed by atoms with van der Waals surface area (Å²) in [4.78, 5) is 25.0. The first-order valence-electron chi connectivity index (χ1n) is 7.27. The van der Waals surface area contributed by atoms with Crippen molar-refractivity contribution in [1.29, 1.82) is 0 Å². The van der Waals surface area contributed by atoms with Gasteiger partial charge in [0.15, 0.2) is 5.78 Å². The predicted octanol–water partition coefficient (Wildman–Crippen LogP) is 1.48. The molecule has 0 heterocycles. The Kier molecular flexibility index (Phi) is 5.33. The van der Waals surface area contributed by atoms with Gasteiger partial charge in [-0.1, -0.05) is 12.1 Å².